The molecule has 3 aromatic rings. The summed E-state index contributed by atoms with van der Waals surface area (Å²) in [6, 6.07) is 14.2. The fourth-order valence-corrected chi connectivity index (χ4v) is 5.59. The average molecular weight is 486 g/mol. The van der Waals surface area contributed by atoms with Gasteiger partial charge < -0.3 is 5.32 Å². The molecule has 0 aliphatic carbocycles. The van der Waals surface area contributed by atoms with Crippen LogP contribution >= 0.6 is 11.3 Å². The Morgan fingerprint density at radius 2 is 1.79 bits per heavy atom. The van der Waals surface area contributed by atoms with E-state index in [9.17, 15) is 18.0 Å². The van der Waals surface area contributed by atoms with Gasteiger partial charge in [-0.25, -0.2) is 13.4 Å². The zero-order valence-electron chi connectivity index (χ0n) is 18.6. The van der Waals surface area contributed by atoms with Gasteiger partial charge in [0.1, 0.15) is 0 Å². The molecule has 2 N–H and O–H groups in total. The van der Waals surface area contributed by atoms with Crippen LogP contribution in [0.5, 0.6) is 0 Å². The number of carbonyl (C=O) groups excluding carboxylic acids is 2. The van der Waals surface area contributed by atoms with Crippen LogP contribution in [0.25, 0.3) is 11.3 Å². The highest BCUT2D eigenvalue weighted by molar-refractivity contribution is 7.91. The van der Waals surface area contributed by atoms with Crippen LogP contribution < -0.4 is 10.6 Å². The third-order valence-corrected chi connectivity index (χ3v) is 7.66. The fraction of sp³-hybridized carbons (Fsp3) is 0.292. The zero-order chi connectivity index (χ0) is 23.8. The van der Waals surface area contributed by atoms with E-state index < -0.39 is 15.7 Å². The van der Waals surface area contributed by atoms with E-state index in [1.54, 1.807) is 19.1 Å². The van der Waals surface area contributed by atoms with E-state index in [1.165, 1.54) is 30.4 Å². The quantitative estimate of drug-likeness (QED) is 0.416. The molecule has 0 aliphatic rings. The summed E-state index contributed by atoms with van der Waals surface area (Å²) in [5.41, 5.74) is 2.93. The van der Waals surface area contributed by atoms with E-state index in [0.717, 1.165) is 29.7 Å². The summed E-state index contributed by atoms with van der Waals surface area (Å²) < 4.78 is 25.1. The number of aryl methyl sites for hydroxylation is 1. The third kappa shape index (κ3) is 6.72. The lowest BCUT2D eigenvalue weighted by Crippen LogP contribution is -2.21. The number of anilines is 1. The number of benzene rings is 2. The highest BCUT2D eigenvalue weighted by Gasteiger charge is 2.22. The van der Waals surface area contributed by atoms with Gasteiger partial charge in [0.2, 0.25) is 5.91 Å². The Labute approximate surface area is 198 Å². The lowest BCUT2D eigenvalue weighted by molar-refractivity contribution is -0.118. The maximum atomic E-state index is 12.8. The molecule has 2 amide bonds. The number of hydrogen-bond donors (Lipinski definition) is 2. The second kappa shape index (κ2) is 11.2. The van der Waals surface area contributed by atoms with Crippen molar-refractivity contribution in [2.75, 3.05) is 17.6 Å². The van der Waals surface area contributed by atoms with Crippen molar-refractivity contribution in [2.45, 2.75) is 38.0 Å². The highest BCUT2D eigenvalue weighted by Crippen LogP contribution is 2.26. The van der Waals surface area contributed by atoms with Crippen LogP contribution in [0.15, 0.2) is 58.8 Å². The van der Waals surface area contributed by atoms with Crippen molar-refractivity contribution in [3.05, 3.63) is 65.0 Å². The normalized spacial score (nSPS) is 11.2. The summed E-state index contributed by atoms with van der Waals surface area (Å²) >= 11 is 1.28. The van der Waals surface area contributed by atoms with Crippen LogP contribution in [0.1, 0.15) is 42.6 Å². The number of hydrogen-bond acceptors (Lipinski definition) is 6. The molecule has 33 heavy (non-hydrogen) atoms. The summed E-state index contributed by atoms with van der Waals surface area (Å²) in [6.07, 6.45) is 2.20. The first kappa shape index (κ1) is 24.6. The molecule has 3 rings (SSSR count). The van der Waals surface area contributed by atoms with E-state index in [0.29, 0.717) is 18.1 Å². The number of thiazole rings is 1. The number of nitrogens with one attached hydrogen (secondary N) is 2. The smallest absolute Gasteiger partial charge is 0.258 e. The lowest BCUT2D eigenvalue weighted by Gasteiger charge is -2.09. The molecule has 2 aromatic carbocycles. The molecule has 1 aromatic heterocycles. The van der Waals surface area contributed by atoms with E-state index in [4.69, 9.17) is 0 Å². The summed E-state index contributed by atoms with van der Waals surface area (Å²) in [5.74, 6) is -0.536. The molecular formula is C24H27N3O4S2. The van der Waals surface area contributed by atoms with Crippen molar-refractivity contribution in [1.29, 1.82) is 0 Å². The van der Waals surface area contributed by atoms with E-state index in [-0.39, 0.29) is 22.1 Å². The van der Waals surface area contributed by atoms with Crippen LogP contribution in [0.4, 0.5) is 5.13 Å². The molecule has 1 heterocycles. The van der Waals surface area contributed by atoms with Crippen LogP contribution in [-0.2, 0) is 21.1 Å². The van der Waals surface area contributed by atoms with Gasteiger partial charge in [-0.15, -0.1) is 11.3 Å². The largest absolute Gasteiger partial charge is 0.356 e. The molecule has 9 heteroatoms. The van der Waals surface area contributed by atoms with Gasteiger partial charge in [-0.05, 0) is 37.0 Å². The molecule has 174 valence electrons. The number of sulfone groups is 1. The van der Waals surface area contributed by atoms with Gasteiger partial charge in [0.05, 0.1) is 21.9 Å². The third-order valence-electron chi connectivity index (χ3n) is 4.93. The van der Waals surface area contributed by atoms with Crippen molar-refractivity contribution in [3.8, 4) is 11.3 Å². The second-order valence-corrected chi connectivity index (χ2v) is 10.5. The molecular weight excluding hydrogens is 458 g/mol. The van der Waals surface area contributed by atoms with Gasteiger partial charge in [0.15, 0.2) is 15.0 Å². The monoisotopic (exact) mass is 485 g/mol. The number of amides is 2. The van der Waals surface area contributed by atoms with Crippen molar-refractivity contribution in [1.82, 2.24) is 10.3 Å². The molecule has 0 aliphatic heterocycles. The molecule has 7 nitrogen and oxygen atoms in total. The van der Waals surface area contributed by atoms with Gasteiger partial charge in [-0.1, -0.05) is 43.3 Å². The minimum absolute atomic E-state index is 0.0120. The molecule has 0 bridgehead atoms. The van der Waals surface area contributed by atoms with E-state index >= 15 is 0 Å². The molecule has 0 spiro atoms. The van der Waals surface area contributed by atoms with Crippen molar-refractivity contribution >= 4 is 38.1 Å². The summed E-state index contributed by atoms with van der Waals surface area (Å²) in [4.78, 5) is 28.3. The molecule has 0 unspecified atom stereocenters. The summed E-state index contributed by atoms with van der Waals surface area (Å²) in [6.45, 7) is 3.94. The first-order valence-electron chi connectivity index (χ1n) is 10.7. The Kier molecular flexibility index (Phi) is 8.35. The topological polar surface area (TPSA) is 105 Å². The number of rotatable bonds is 10. The van der Waals surface area contributed by atoms with E-state index in [1.807, 2.05) is 29.6 Å². The average Bonchev–Trinajstić information content (AvgIpc) is 3.25. The first-order valence-corrected chi connectivity index (χ1v) is 13.3. The minimum Gasteiger partial charge on any atom is -0.356 e. The Bertz CT molecular complexity index is 1220. The highest BCUT2D eigenvalue weighted by atomic mass is 32.2. The molecule has 0 atom stereocenters. The van der Waals surface area contributed by atoms with Crippen LogP contribution in [0, 0.1) is 0 Å². The van der Waals surface area contributed by atoms with Crippen LogP contribution in [-0.4, -0.2) is 37.5 Å². The van der Waals surface area contributed by atoms with Crippen molar-refractivity contribution in [3.63, 3.8) is 0 Å². The Morgan fingerprint density at radius 3 is 2.48 bits per heavy atom. The predicted molar refractivity (Wildman–Crippen MR) is 131 cm³/mol. The summed E-state index contributed by atoms with van der Waals surface area (Å²) in [7, 11) is -3.53. The van der Waals surface area contributed by atoms with Crippen LogP contribution in [0.3, 0.4) is 0 Å². The Hall–Kier alpha value is -3.04. The Balaban J connectivity index is 1.67. The summed E-state index contributed by atoms with van der Waals surface area (Å²) in [5, 5.41) is 7.76. The van der Waals surface area contributed by atoms with Gasteiger partial charge >= 0.3 is 0 Å². The maximum absolute atomic E-state index is 12.8. The number of nitrogens with zero attached hydrogens (tertiary/aromatic N) is 1. The molecule has 0 saturated heterocycles. The lowest BCUT2D eigenvalue weighted by atomic mass is 10.1. The SMILES string of the molecule is CCCS(=O)(=O)c1ccccc1C(=O)Nc1nc(-c2ccc(CCCNC(C)=O)cc2)cs1. The van der Waals surface area contributed by atoms with Gasteiger partial charge in [0.25, 0.3) is 5.91 Å². The number of carbonyl (C=O) groups is 2. The standard InChI is InChI=1S/C24H27N3O4S2/c1-3-15-33(30,31)22-9-5-4-8-20(22)23(29)27-24-26-21(16-32-24)19-12-10-18(11-13-19)7-6-14-25-17(2)28/h4-5,8-13,16H,3,6-7,14-15H2,1-2H3,(H,25,28)(H,26,27,29). The van der Waals surface area contributed by atoms with Gasteiger partial charge in [0, 0.05) is 24.4 Å². The van der Waals surface area contributed by atoms with Crippen molar-refractivity contribution < 1.29 is 18.0 Å². The second-order valence-electron chi connectivity index (χ2n) is 7.59. The van der Waals surface area contributed by atoms with Crippen molar-refractivity contribution in [2.24, 2.45) is 0 Å². The minimum atomic E-state index is -3.53. The molecule has 0 radical (unpaired) electrons. The maximum Gasteiger partial charge on any atom is 0.258 e. The Morgan fingerprint density at radius 1 is 1.06 bits per heavy atom. The van der Waals surface area contributed by atoms with E-state index in [2.05, 4.69) is 15.6 Å². The van der Waals surface area contributed by atoms with Crippen LogP contribution in [0.2, 0.25) is 0 Å². The first-order chi connectivity index (χ1) is 15.8. The zero-order valence-corrected chi connectivity index (χ0v) is 20.3. The number of aromatic nitrogens is 1. The fourth-order valence-electron chi connectivity index (χ4n) is 3.33. The predicted octanol–water partition coefficient (Wildman–Crippen LogP) is 4.31. The van der Waals surface area contributed by atoms with Gasteiger partial charge in [-0.2, -0.15) is 0 Å². The molecule has 0 fully saturated rings. The van der Waals surface area contributed by atoms with Gasteiger partial charge in [-0.3, -0.25) is 14.9 Å². The molecule has 0 saturated carbocycles.